The van der Waals surface area contributed by atoms with Crippen LogP contribution in [0, 0.1) is 5.92 Å². The Bertz CT molecular complexity index is 935. The molecule has 0 aliphatic heterocycles. The highest BCUT2D eigenvalue weighted by Gasteiger charge is 2.23. The molecule has 0 aliphatic carbocycles. The molecule has 0 fully saturated rings. The lowest BCUT2D eigenvalue weighted by Crippen LogP contribution is -2.44. The van der Waals surface area contributed by atoms with E-state index in [9.17, 15) is 14.7 Å². The van der Waals surface area contributed by atoms with E-state index < -0.39 is 12.0 Å². The number of carboxylic acid groups (broad SMARTS) is 1. The van der Waals surface area contributed by atoms with Gasteiger partial charge in [0.25, 0.3) is 0 Å². The summed E-state index contributed by atoms with van der Waals surface area (Å²) in [5, 5.41) is 12.4. The molecule has 2 N–H and O–H groups in total. The van der Waals surface area contributed by atoms with Gasteiger partial charge in [-0.15, -0.1) is 11.3 Å². The highest BCUT2D eigenvalue weighted by Crippen LogP contribution is 2.28. The first-order chi connectivity index (χ1) is 12.4. The molecule has 2 aromatic carbocycles. The van der Waals surface area contributed by atoms with Crippen molar-refractivity contribution in [1.29, 1.82) is 0 Å². The quantitative estimate of drug-likeness (QED) is 0.695. The van der Waals surface area contributed by atoms with Crippen molar-refractivity contribution in [2.45, 2.75) is 26.3 Å². The molecule has 26 heavy (non-hydrogen) atoms. The predicted molar refractivity (Wildman–Crippen MR) is 103 cm³/mol. The molecular formula is C20H20N2O3S. The van der Waals surface area contributed by atoms with Crippen LogP contribution in [0.25, 0.3) is 21.3 Å². The van der Waals surface area contributed by atoms with Crippen LogP contribution in [0.1, 0.15) is 18.9 Å². The van der Waals surface area contributed by atoms with E-state index in [0.29, 0.717) is 5.01 Å². The van der Waals surface area contributed by atoms with Gasteiger partial charge in [0, 0.05) is 0 Å². The summed E-state index contributed by atoms with van der Waals surface area (Å²) < 4.78 is 1.01. The lowest BCUT2D eigenvalue weighted by Gasteiger charge is -2.17. The molecule has 1 unspecified atom stereocenters. The Morgan fingerprint density at radius 3 is 2.50 bits per heavy atom. The number of carbonyl (C=O) groups excluding carboxylic acids is 1. The van der Waals surface area contributed by atoms with E-state index in [1.807, 2.05) is 48.5 Å². The molecule has 3 rings (SSSR count). The van der Waals surface area contributed by atoms with Crippen molar-refractivity contribution < 1.29 is 14.7 Å². The van der Waals surface area contributed by atoms with E-state index in [1.165, 1.54) is 11.3 Å². The Hall–Kier alpha value is -2.73. The van der Waals surface area contributed by atoms with Crippen molar-refractivity contribution in [2.75, 3.05) is 0 Å². The highest BCUT2D eigenvalue weighted by molar-refractivity contribution is 7.18. The van der Waals surface area contributed by atoms with Crippen LogP contribution >= 0.6 is 11.3 Å². The third-order valence-corrected chi connectivity index (χ3v) is 5.14. The van der Waals surface area contributed by atoms with Crippen molar-refractivity contribution >= 4 is 33.4 Å². The molecule has 0 saturated carbocycles. The SMILES string of the molecule is CC(C)C(NC(=O)Cc1nc2cc(-c3ccccc3)ccc2s1)C(=O)O. The van der Waals surface area contributed by atoms with Gasteiger partial charge in [0.2, 0.25) is 5.91 Å². The van der Waals surface area contributed by atoms with Crippen LogP contribution in [0.5, 0.6) is 0 Å². The lowest BCUT2D eigenvalue weighted by atomic mass is 10.0. The van der Waals surface area contributed by atoms with Gasteiger partial charge in [-0.2, -0.15) is 0 Å². The number of hydrogen-bond donors (Lipinski definition) is 2. The molecule has 1 amide bonds. The van der Waals surface area contributed by atoms with Crippen LogP contribution in [0.4, 0.5) is 0 Å². The van der Waals surface area contributed by atoms with E-state index in [2.05, 4.69) is 10.3 Å². The Morgan fingerprint density at radius 2 is 1.85 bits per heavy atom. The second-order valence-corrected chi connectivity index (χ2v) is 7.58. The molecule has 0 radical (unpaired) electrons. The average Bonchev–Trinajstić information content (AvgIpc) is 3.01. The first-order valence-electron chi connectivity index (χ1n) is 8.41. The van der Waals surface area contributed by atoms with Gasteiger partial charge in [0.1, 0.15) is 11.0 Å². The van der Waals surface area contributed by atoms with E-state index in [4.69, 9.17) is 0 Å². The topological polar surface area (TPSA) is 79.3 Å². The van der Waals surface area contributed by atoms with Gasteiger partial charge in [0.05, 0.1) is 16.6 Å². The van der Waals surface area contributed by atoms with Crippen LogP contribution in [0.2, 0.25) is 0 Å². The maximum atomic E-state index is 12.2. The van der Waals surface area contributed by atoms with Crippen LogP contribution in [-0.2, 0) is 16.0 Å². The Balaban J connectivity index is 1.77. The molecule has 5 nitrogen and oxygen atoms in total. The minimum atomic E-state index is -1.02. The number of aliphatic carboxylic acids is 1. The predicted octanol–water partition coefficient (Wildman–Crippen LogP) is 3.73. The summed E-state index contributed by atoms with van der Waals surface area (Å²) in [6, 6.07) is 15.2. The molecule has 0 spiro atoms. The van der Waals surface area contributed by atoms with Gasteiger partial charge in [-0.1, -0.05) is 50.2 Å². The summed E-state index contributed by atoms with van der Waals surface area (Å²) in [5.41, 5.74) is 3.03. The number of nitrogens with one attached hydrogen (secondary N) is 1. The van der Waals surface area contributed by atoms with Gasteiger partial charge >= 0.3 is 5.97 Å². The standard InChI is InChI=1S/C20H20N2O3S/c1-12(2)19(20(24)25)22-17(23)11-18-21-15-10-14(8-9-16(15)26-18)13-6-4-3-5-7-13/h3-10,12,19H,11H2,1-2H3,(H,22,23)(H,24,25). The van der Waals surface area contributed by atoms with Crippen LogP contribution in [0.3, 0.4) is 0 Å². The fourth-order valence-corrected chi connectivity index (χ4v) is 3.68. The molecule has 0 bridgehead atoms. The Morgan fingerprint density at radius 1 is 1.12 bits per heavy atom. The van der Waals surface area contributed by atoms with E-state index in [0.717, 1.165) is 21.3 Å². The smallest absolute Gasteiger partial charge is 0.326 e. The zero-order valence-electron chi connectivity index (χ0n) is 14.6. The third kappa shape index (κ3) is 4.08. The fourth-order valence-electron chi connectivity index (χ4n) is 2.74. The molecule has 3 aromatic rings. The number of hydrogen-bond acceptors (Lipinski definition) is 4. The monoisotopic (exact) mass is 368 g/mol. The highest BCUT2D eigenvalue weighted by atomic mass is 32.1. The molecule has 0 aliphatic rings. The molecule has 1 aromatic heterocycles. The number of carboxylic acids is 1. The van der Waals surface area contributed by atoms with Gasteiger partial charge in [0.15, 0.2) is 0 Å². The van der Waals surface area contributed by atoms with Crippen molar-refractivity contribution in [3.05, 3.63) is 53.5 Å². The summed E-state index contributed by atoms with van der Waals surface area (Å²) in [5.74, 6) is -1.53. The number of rotatable bonds is 6. The second-order valence-electron chi connectivity index (χ2n) is 6.46. The summed E-state index contributed by atoms with van der Waals surface area (Å²) in [7, 11) is 0. The maximum absolute atomic E-state index is 12.2. The summed E-state index contributed by atoms with van der Waals surface area (Å²) in [6.07, 6.45) is 0.0799. The number of fused-ring (bicyclic) bond motifs is 1. The molecule has 1 heterocycles. The number of aromatic nitrogens is 1. The number of benzene rings is 2. The fraction of sp³-hybridized carbons (Fsp3) is 0.250. The summed E-state index contributed by atoms with van der Waals surface area (Å²) in [4.78, 5) is 27.9. The number of carbonyl (C=O) groups is 2. The zero-order valence-corrected chi connectivity index (χ0v) is 15.4. The first-order valence-corrected chi connectivity index (χ1v) is 9.23. The van der Waals surface area contributed by atoms with Crippen molar-refractivity contribution in [2.24, 2.45) is 5.92 Å². The summed E-state index contributed by atoms with van der Waals surface area (Å²) >= 11 is 1.45. The van der Waals surface area contributed by atoms with Crippen LogP contribution in [-0.4, -0.2) is 28.0 Å². The van der Waals surface area contributed by atoms with E-state index in [-0.39, 0.29) is 18.2 Å². The summed E-state index contributed by atoms with van der Waals surface area (Å²) in [6.45, 7) is 3.53. The van der Waals surface area contributed by atoms with Crippen molar-refractivity contribution in [1.82, 2.24) is 10.3 Å². The minimum absolute atomic E-state index is 0.0799. The molecule has 1 atom stereocenters. The Kier molecular flexibility index (Phi) is 5.32. The van der Waals surface area contributed by atoms with E-state index >= 15 is 0 Å². The van der Waals surface area contributed by atoms with Crippen molar-refractivity contribution in [3.63, 3.8) is 0 Å². The van der Waals surface area contributed by atoms with Crippen LogP contribution in [0.15, 0.2) is 48.5 Å². The van der Waals surface area contributed by atoms with E-state index in [1.54, 1.807) is 13.8 Å². The first kappa shape index (κ1) is 18.1. The number of amides is 1. The molecule has 134 valence electrons. The third-order valence-electron chi connectivity index (χ3n) is 4.10. The Labute approximate surface area is 155 Å². The van der Waals surface area contributed by atoms with Crippen molar-refractivity contribution in [3.8, 4) is 11.1 Å². The molecule has 0 saturated heterocycles. The number of nitrogens with zero attached hydrogens (tertiary/aromatic N) is 1. The maximum Gasteiger partial charge on any atom is 0.326 e. The van der Waals surface area contributed by atoms with Gasteiger partial charge in [-0.05, 0) is 29.2 Å². The zero-order chi connectivity index (χ0) is 18.7. The van der Waals surface area contributed by atoms with Gasteiger partial charge in [-0.3, -0.25) is 4.79 Å². The van der Waals surface area contributed by atoms with Gasteiger partial charge < -0.3 is 10.4 Å². The number of thiazole rings is 1. The lowest BCUT2D eigenvalue weighted by molar-refractivity contribution is -0.143. The molecule has 6 heteroatoms. The van der Waals surface area contributed by atoms with Gasteiger partial charge in [-0.25, -0.2) is 9.78 Å². The second kappa shape index (κ2) is 7.66. The average molecular weight is 368 g/mol. The largest absolute Gasteiger partial charge is 0.480 e. The van der Waals surface area contributed by atoms with Crippen LogP contribution < -0.4 is 5.32 Å². The normalized spacial score (nSPS) is 12.3. The minimum Gasteiger partial charge on any atom is -0.480 e. The molecular weight excluding hydrogens is 348 g/mol.